The molecule has 104 valence electrons. The van der Waals surface area contributed by atoms with Crippen LogP contribution in [0.15, 0.2) is 48.5 Å². The number of amides is 1. The number of ether oxygens (including phenoxy) is 1. The second kappa shape index (κ2) is 5.29. The number of para-hydroxylation sites is 2. The quantitative estimate of drug-likeness (QED) is 0.848. The van der Waals surface area contributed by atoms with E-state index in [1.807, 2.05) is 36.4 Å². The minimum atomic E-state index is -0.488. The summed E-state index contributed by atoms with van der Waals surface area (Å²) in [7, 11) is 0. The van der Waals surface area contributed by atoms with Crippen LogP contribution in [0, 0.1) is 11.3 Å². The number of nitriles is 1. The zero-order valence-electron chi connectivity index (χ0n) is 11.6. The van der Waals surface area contributed by atoms with Crippen LogP contribution in [0.4, 0.5) is 5.69 Å². The fraction of sp³-hybridized carbons (Fsp3) is 0.176. The van der Waals surface area contributed by atoms with Crippen molar-refractivity contribution in [3.05, 3.63) is 59.7 Å². The average molecular weight is 278 g/mol. The van der Waals surface area contributed by atoms with Gasteiger partial charge in [0.1, 0.15) is 5.75 Å². The van der Waals surface area contributed by atoms with E-state index in [9.17, 15) is 4.79 Å². The van der Waals surface area contributed by atoms with Gasteiger partial charge in [-0.2, -0.15) is 5.26 Å². The molecule has 4 nitrogen and oxygen atoms in total. The van der Waals surface area contributed by atoms with Gasteiger partial charge in [0.05, 0.1) is 23.9 Å². The van der Waals surface area contributed by atoms with Crippen LogP contribution < -0.4 is 9.64 Å². The predicted octanol–water partition coefficient (Wildman–Crippen LogP) is 2.87. The Bertz CT molecular complexity index is 716. The molecule has 1 amide bonds. The van der Waals surface area contributed by atoms with Gasteiger partial charge >= 0.3 is 0 Å². The first kappa shape index (κ1) is 13.2. The van der Waals surface area contributed by atoms with E-state index >= 15 is 0 Å². The molecule has 1 aliphatic rings. The van der Waals surface area contributed by atoms with Crippen LogP contribution in [0.25, 0.3) is 0 Å². The summed E-state index contributed by atoms with van der Waals surface area (Å²) in [6.07, 6.45) is -0.488. The first-order valence-electron chi connectivity index (χ1n) is 6.75. The summed E-state index contributed by atoms with van der Waals surface area (Å²) >= 11 is 0. The third kappa shape index (κ3) is 2.46. The van der Waals surface area contributed by atoms with Crippen molar-refractivity contribution < 1.29 is 9.53 Å². The lowest BCUT2D eigenvalue weighted by Gasteiger charge is -2.33. The van der Waals surface area contributed by atoms with Gasteiger partial charge in [0.2, 0.25) is 0 Å². The van der Waals surface area contributed by atoms with Crippen LogP contribution in [0.1, 0.15) is 18.1 Å². The molecule has 0 saturated heterocycles. The molecule has 0 spiro atoms. The second-order valence-corrected chi connectivity index (χ2v) is 4.96. The Balaban J connectivity index is 1.93. The summed E-state index contributed by atoms with van der Waals surface area (Å²) in [6.45, 7) is 2.22. The normalized spacial score (nSPS) is 16.9. The third-order valence-corrected chi connectivity index (χ3v) is 3.50. The van der Waals surface area contributed by atoms with Gasteiger partial charge in [0, 0.05) is 0 Å². The Morgan fingerprint density at radius 3 is 2.62 bits per heavy atom. The fourth-order valence-electron chi connectivity index (χ4n) is 2.39. The molecular weight excluding hydrogens is 264 g/mol. The van der Waals surface area contributed by atoms with Crippen LogP contribution in [-0.2, 0) is 11.3 Å². The Morgan fingerprint density at radius 1 is 1.19 bits per heavy atom. The number of nitrogens with zero attached hydrogens (tertiary/aromatic N) is 2. The first-order valence-corrected chi connectivity index (χ1v) is 6.75. The summed E-state index contributed by atoms with van der Waals surface area (Å²) in [5.74, 6) is 0.663. The van der Waals surface area contributed by atoms with Gasteiger partial charge in [-0.05, 0) is 36.8 Å². The standard InChI is InChI=1S/C17H14N2O2/c1-12-17(20)19(15-4-2-3-5-16(15)21-12)11-14-8-6-13(10-18)7-9-14/h2-9,12H,11H2,1H3/t12-/m0/s1. The van der Waals surface area contributed by atoms with Crippen molar-refractivity contribution in [2.75, 3.05) is 4.90 Å². The van der Waals surface area contributed by atoms with E-state index in [1.165, 1.54) is 0 Å². The number of hydrogen-bond acceptors (Lipinski definition) is 3. The number of benzene rings is 2. The highest BCUT2D eigenvalue weighted by atomic mass is 16.5. The first-order chi connectivity index (χ1) is 10.2. The molecular formula is C17H14N2O2. The van der Waals surface area contributed by atoms with E-state index in [0.29, 0.717) is 12.1 Å². The monoisotopic (exact) mass is 278 g/mol. The van der Waals surface area contributed by atoms with E-state index in [2.05, 4.69) is 6.07 Å². The van der Waals surface area contributed by atoms with Crippen molar-refractivity contribution in [1.29, 1.82) is 5.26 Å². The number of anilines is 1. The zero-order valence-corrected chi connectivity index (χ0v) is 11.6. The fourth-order valence-corrected chi connectivity index (χ4v) is 2.39. The van der Waals surface area contributed by atoms with E-state index in [-0.39, 0.29) is 5.91 Å². The second-order valence-electron chi connectivity index (χ2n) is 4.96. The predicted molar refractivity (Wildman–Crippen MR) is 78.9 cm³/mol. The van der Waals surface area contributed by atoms with Crippen molar-refractivity contribution in [2.45, 2.75) is 19.6 Å². The summed E-state index contributed by atoms with van der Waals surface area (Å²) in [5, 5.41) is 8.83. The molecule has 2 aromatic rings. The van der Waals surface area contributed by atoms with Crippen molar-refractivity contribution >= 4 is 11.6 Å². The zero-order chi connectivity index (χ0) is 14.8. The van der Waals surface area contributed by atoms with Crippen LogP contribution in [0.5, 0.6) is 5.75 Å². The largest absolute Gasteiger partial charge is 0.479 e. The average Bonchev–Trinajstić information content (AvgIpc) is 2.52. The van der Waals surface area contributed by atoms with Gasteiger partial charge in [-0.3, -0.25) is 4.79 Å². The van der Waals surface area contributed by atoms with Gasteiger partial charge in [0.25, 0.3) is 5.91 Å². The smallest absolute Gasteiger partial charge is 0.268 e. The lowest BCUT2D eigenvalue weighted by molar-refractivity contribution is -0.125. The molecule has 3 rings (SSSR count). The Hall–Kier alpha value is -2.80. The number of rotatable bonds is 2. The van der Waals surface area contributed by atoms with Gasteiger partial charge in [-0.1, -0.05) is 24.3 Å². The van der Waals surface area contributed by atoms with E-state index in [4.69, 9.17) is 10.00 Å². The minimum Gasteiger partial charge on any atom is -0.479 e. The van der Waals surface area contributed by atoms with Crippen molar-refractivity contribution in [3.63, 3.8) is 0 Å². The molecule has 2 aromatic carbocycles. The van der Waals surface area contributed by atoms with Crippen molar-refractivity contribution in [3.8, 4) is 11.8 Å². The van der Waals surface area contributed by atoms with Crippen LogP contribution in [-0.4, -0.2) is 12.0 Å². The topological polar surface area (TPSA) is 53.3 Å². The van der Waals surface area contributed by atoms with Crippen molar-refractivity contribution in [2.24, 2.45) is 0 Å². The van der Waals surface area contributed by atoms with Gasteiger partial charge in [0.15, 0.2) is 6.10 Å². The number of carbonyl (C=O) groups is 1. The molecule has 0 N–H and O–H groups in total. The maximum Gasteiger partial charge on any atom is 0.268 e. The molecule has 1 aliphatic heterocycles. The van der Waals surface area contributed by atoms with Gasteiger partial charge in [-0.15, -0.1) is 0 Å². The molecule has 4 heteroatoms. The lowest BCUT2D eigenvalue weighted by atomic mass is 10.1. The molecule has 0 aromatic heterocycles. The van der Waals surface area contributed by atoms with Gasteiger partial charge < -0.3 is 9.64 Å². The minimum absolute atomic E-state index is 0.0574. The van der Waals surface area contributed by atoms with Crippen LogP contribution in [0.2, 0.25) is 0 Å². The molecule has 1 atom stereocenters. The summed E-state index contributed by atoms with van der Waals surface area (Å²) in [6, 6.07) is 16.9. The van der Waals surface area contributed by atoms with Crippen LogP contribution in [0.3, 0.4) is 0 Å². The Kier molecular flexibility index (Phi) is 3.33. The van der Waals surface area contributed by atoms with Gasteiger partial charge in [-0.25, -0.2) is 0 Å². The summed E-state index contributed by atoms with van der Waals surface area (Å²) < 4.78 is 5.61. The third-order valence-electron chi connectivity index (χ3n) is 3.50. The number of carbonyl (C=O) groups excluding carboxylic acids is 1. The highest BCUT2D eigenvalue weighted by Gasteiger charge is 2.31. The van der Waals surface area contributed by atoms with E-state index in [1.54, 1.807) is 24.0 Å². The SMILES string of the molecule is C[C@@H]1Oc2ccccc2N(Cc2ccc(C#N)cc2)C1=O. The van der Waals surface area contributed by atoms with E-state index in [0.717, 1.165) is 17.0 Å². The summed E-state index contributed by atoms with van der Waals surface area (Å²) in [5.41, 5.74) is 2.37. The van der Waals surface area contributed by atoms with Crippen molar-refractivity contribution in [1.82, 2.24) is 0 Å². The molecule has 0 unspecified atom stereocenters. The highest BCUT2D eigenvalue weighted by molar-refractivity contribution is 5.99. The number of hydrogen-bond donors (Lipinski definition) is 0. The van der Waals surface area contributed by atoms with E-state index < -0.39 is 6.10 Å². The Morgan fingerprint density at radius 2 is 1.90 bits per heavy atom. The summed E-state index contributed by atoms with van der Waals surface area (Å²) in [4.78, 5) is 14.1. The maximum atomic E-state index is 12.4. The molecule has 0 bridgehead atoms. The molecule has 0 saturated carbocycles. The maximum absolute atomic E-state index is 12.4. The Labute approximate surface area is 123 Å². The molecule has 0 aliphatic carbocycles. The molecule has 21 heavy (non-hydrogen) atoms. The molecule has 1 heterocycles. The highest BCUT2D eigenvalue weighted by Crippen LogP contribution is 2.34. The molecule has 0 radical (unpaired) electrons. The lowest BCUT2D eigenvalue weighted by Crippen LogP contribution is -2.43. The van der Waals surface area contributed by atoms with Crippen LogP contribution >= 0.6 is 0 Å². The molecule has 0 fully saturated rings. The number of fused-ring (bicyclic) bond motifs is 1.